The van der Waals surface area contributed by atoms with Crippen LogP contribution in [0.3, 0.4) is 0 Å². The van der Waals surface area contributed by atoms with Crippen molar-refractivity contribution in [1.82, 2.24) is 4.90 Å². The molecular weight excluding hydrogens is 252 g/mol. The lowest BCUT2D eigenvalue weighted by Crippen LogP contribution is -2.31. The molecule has 0 fully saturated rings. The minimum absolute atomic E-state index is 0.176. The summed E-state index contributed by atoms with van der Waals surface area (Å²) in [5.74, 6) is 0.176. The predicted octanol–water partition coefficient (Wildman–Crippen LogP) is 2.82. The Labute approximate surface area is 121 Å². The monoisotopic (exact) mass is 278 g/mol. The number of carbonyl (C=O) groups is 1. The van der Waals surface area contributed by atoms with Crippen molar-refractivity contribution < 1.29 is 9.53 Å². The molecule has 2 N–H and O–H groups in total. The first-order valence-corrected chi connectivity index (χ1v) is 7.37. The summed E-state index contributed by atoms with van der Waals surface area (Å²) in [7, 11) is 0. The number of hydrogen-bond donors (Lipinski definition) is 1. The molecule has 4 heteroatoms. The molecule has 0 atom stereocenters. The van der Waals surface area contributed by atoms with Gasteiger partial charge in [-0.25, -0.2) is 0 Å². The fraction of sp³-hybridized carbons (Fsp3) is 0.562. The molecule has 1 aromatic carbocycles. The van der Waals surface area contributed by atoms with Gasteiger partial charge in [0.05, 0.1) is 0 Å². The normalized spacial score (nSPS) is 10.5. The fourth-order valence-corrected chi connectivity index (χ4v) is 2.07. The molecular formula is C16H26N2O2. The molecule has 0 aromatic heterocycles. The van der Waals surface area contributed by atoms with Gasteiger partial charge < -0.3 is 15.4 Å². The number of nitrogen functional groups attached to an aromatic ring is 1. The molecule has 0 bridgehead atoms. The van der Waals surface area contributed by atoms with Crippen molar-refractivity contribution in [2.45, 2.75) is 39.7 Å². The number of para-hydroxylation sites is 1. The van der Waals surface area contributed by atoms with E-state index in [0.29, 0.717) is 26.2 Å². The molecule has 0 radical (unpaired) electrons. The highest BCUT2D eigenvalue weighted by molar-refractivity contribution is 5.76. The van der Waals surface area contributed by atoms with Crippen LogP contribution >= 0.6 is 0 Å². The molecule has 0 aliphatic rings. The van der Waals surface area contributed by atoms with Crippen LogP contribution in [0.25, 0.3) is 0 Å². The van der Waals surface area contributed by atoms with Gasteiger partial charge in [-0.2, -0.15) is 0 Å². The van der Waals surface area contributed by atoms with Gasteiger partial charge in [0.25, 0.3) is 0 Å². The van der Waals surface area contributed by atoms with Crippen molar-refractivity contribution >= 4 is 11.6 Å². The van der Waals surface area contributed by atoms with E-state index in [-0.39, 0.29) is 5.91 Å². The number of rotatable bonds is 9. The van der Waals surface area contributed by atoms with Crippen molar-refractivity contribution in [3.63, 3.8) is 0 Å². The van der Waals surface area contributed by atoms with Gasteiger partial charge in [0.15, 0.2) is 0 Å². The highest BCUT2D eigenvalue weighted by atomic mass is 16.5. The third-order valence-electron chi connectivity index (χ3n) is 3.15. The Kier molecular flexibility index (Phi) is 7.73. The Balaban J connectivity index is 2.55. The Morgan fingerprint density at radius 2 is 2.05 bits per heavy atom. The van der Waals surface area contributed by atoms with Crippen LogP contribution in [0.1, 0.15) is 38.7 Å². The van der Waals surface area contributed by atoms with Crippen LogP contribution in [0.4, 0.5) is 5.69 Å². The van der Waals surface area contributed by atoms with Crippen LogP contribution in [0.2, 0.25) is 0 Å². The molecule has 1 amide bonds. The molecule has 112 valence electrons. The van der Waals surface area contributed by atoms with Crippen molar-refractivity contribution in [2.75, 3.05) is 25.5 Å². The number of carbonyl (C=O) groups excluding carboxylic acids is 1. The molecule has 1 aromatic rings. The lowest BCUT2D eigenvalue weighted by atomic mass is 10.1. The topological polar surface area (TPSA) is 55.6 Å². The van der Waals surface area contributed by atoms with Crippen molar-refractivity contribution in [3.8, 4) is 0 Å². The quantitative estimate of drug-likeness (QED) is 0.558. The Hall–Kier alpha value is -1.55. The second-order valence-corrected chi connectivity index (χ2v) is 4.81. The predicted molar refractivity (Wildman–Crippen MR) is 82.3 cm³/mol. The van der Waals surface area contributed by atoms with Gasteiger partial charge in [0.2, 0.25) is 5.91 Å². The van der Waals surface area contributed by atoms with Crippen LogP contribution in [0.5, 0.6) is 0 Å². The molecule has 0 aliphatic heterocycles. The molecule has 20 heavy (non-hydrogen) atoms. The Morgan fingerprint density at radius 1 is 1.30 bits per heavy atom. The van der Waals surface area contributed by atoms with Crippen molar-refractivity contribution in [3.05, 3.63) is 29.8 Å². The summed E-state index contributed by atoms with van der Waals surface area (Å²) in [5, 5.41) is 0. The summed E-state index contributed by atoms with van der Waals surface area (Å²) >= 11 is 0. The second-order valence-electron chi connectivity index (χ2n) is 4.81. The first-order valence-electron chi connectivity index (χ1n) is 7.37. The van der Waals surface area contributed by atoms with Gasteiger partial charge in [-0.05, 0) is 31.4 Å². The van der Waals surface area contributed by atoms with Crippen LogP contribution in [0.15, 0.2) is 24.3 Å². The van der Waals surface area contributed by atoms with Crippen molar-refractivity contribution in [2.24, 2.45) is 0 Å². The largest absolute Gasteiger partial charge is 0.398 e. The number of hydrogen-bond acceptors (Lipinski definition) is 3. The maximum absolute atomic E-state index is 12.2. The Morgan fingerprint density at radius 3 is 2.70 bits per heavy atom. The first kappa shape index (κ1) is 16.5. The van der Waals surface area contributed by atoms with E-state index in [0.717, 1.165) is 30.6 Å². The summed E-state index contributed by atoms with van der Waals surface area (Å²) in [6.45, 7) is 6.75. The van der Waals surface area contributed by atoms with E-state index in [4.69, 9.17) is 10.5 Å². The molecule has 0 saturated carbocycles. The van der Waals surface area contributed by atoms with E-state index in [2.05, 4.69) is 6.92 Å². The molecule has 0 unspecified atom stereocenters. The zero-order valence-electron chi connectivity index (χ0n) is 12.6. The van der Waals surface area contributed by atoms with E-state index in [9.17, 15) is 4.79 Å². The average molecular weight is 278 g/mol. The number of anilines is 1. The van der Waals surface area contributed by atoms with Gasteiger partial charge in [-0.15, -0.1) is 0 Å². The number of benzene rings is 1. The highest BCUT2D eigenvalue weighted by Crippen LogP contribution is 2.14. The summed E-state index contributed by atoms with van der Waals surface area (Å²) < 4.78 is 5.27. The van der Waals surface area contributed by atoms with Gasteiger partial charge in [0.1, 0.15) is 0 Å². The maximum atomic E-state index is 12.2. The molecule has 4 nitrogen and oxygen atoms in total. The lowest BCUT2D eigenvalue weighted by molar-refractivity contribution is -0.132. The van der Waals surface area contributed by atoms with E-state index in [1.54, 1.807) is 0 Å². The smallest absolute Gasteiger partial charge is 0.222 e. The third kappa shape index (κ3) is 5.61. The number of nitrogens with two attached hydrogens (primary N) is 1. The Bertz CT molecular complexity index is 407. The minimum Gasteiger partial charge on any atom is -0.398 e. The van der Waals surface area contributed by atoms with Gasteiger partial charge in [-0.1, -0.05) is 25.1 Å². The highest BCUT2D eigenvalue weighted by Gasteiger charge is 2.13. The van der Waals surface area contributed by atoms with E-state index in [1.165, 1.54) is 0 Å². The SMILES string of the molecule is CCCN(Cc1ccccc1N)C(=O)CCCOCC. The summed E-state index contributed by atoms with van der Waals surface area (Å²) in [6.07, 6.45) is 2.26. The van der Waals surface area contributed by atoms with Gasteiger partial charge in [0, 0.05) is 38.4 Å². The van der Waals surface area contributed by atoms with E-state index >= 15 is 0 Å². The zero-order valence-corrected chi connectivity index (χ0v) is 12.6. The van der Waals surface area contributed by atoms with E-state index < -0.39 is 0 Å². The van der Waals surface area contributed by atoms with Crippen LogP contribution in [0, 0.1) is 0 Å². The number of amides is 1. The summed E-state index contributed by atoms with van der Waals surface area (Å²) in [4.78, 5) is 14.1. The number of ether oxygens (including phenoxy) is 1. The summed E-state index contributed by atoms with van der Waals surface area (Å²) in [5.41, 5.74) is 7.71. The van der Waals surface area contributed by atoms with Crippen LogP contribution in [-0.4, -0.2) is 30.6 Å². The van der Waals surface area contributed by atoms with E-state index in [1.807, 2.05) is 36.1 Å². The van der Waals surface area contributed by atoms with Crippen LogP contribution in [-0.2, 0) is 16.1 Å². The molecule has 0 spiro atoms. The molecule has 1 rings (SSSR count). The fourth-order valence-electron chi connectivity index (χ4n) is 2.07. The standard InChI is InChI=1S/C16H26N2O2/c1-3-11-18(16(19)10-7-12-20-4-2)13-14-8-5-6-9-15(14)17/h5-6,8-9H,3-4,7,10-13,17H2,1-2H3. The minimum atomic E-state index is 0.176. The second kappa shape index (κ2) is 9.37. The van der Waals surface area contributed by atoms with Gasteiger partial charge in [-0.3, -0.25) is 4.79 Å². The summed E-state index contributed by atoms with van der Waals surface area (Å²) in [6, 6.07) is 7.72. The molecule has 0 aliphatic carbocycles. The first-order chi connectivity index (χ1) is 9.69. The molecule has 0 heterocycles. The van der Waals surface area contributed by atoms with Gasteiger partial charge >= 0.3 is 0 Å². The maximum Gasteiger partial charge on any atom is 0.222 e. The van der Waals surface area contributed by atoms with Crippen molar-refractivity contribution in [1.29, 1.82) is 0 Å². The average Bonchev–Trinajstić information content (AvgIpc) is 2.45. The third-order valence-corrected chi connectivity index (χ3v) is 3.15. The van der Waals surface area contributed by atoms with Crippen LogP contribution < -0.4 is 5.73 Å². The zero-order chi connectivity index (χ0) is 14.8. The number of nitrogens with zero attached hydrogens (tertiary/aromatic N) is 1. The molecule has 0 saturated heterocycles. The lowest BCUT2D eigenvalue weighted by Gasteiger charge is -2.23.